The molecule has 0 bridgehead atoms. The molecule has 1 unspecified atom stereocenters. The number of hydrogen-bond donors (Lipinski definition) is 1. The molecule has 1 aromatic carbocycles. The fourth-order valence-electron chi connectivity index (χ4n) is 4.45. The Labute approximate surface area is 274 Å². The predicted octanol–water partition coefficient (Wildman–Crippen LogP) is 4.19. The number of aromatic nitrogens is 3. The number of benzene rings is 1. The summed E-state index contributed by atoms with van der Waals surface area (Å²) in [7, 11) is 2.74. The first-order chi connectivity index (χ1) is 21.0. The molecule has 0 fully saturated rings. The summed E-state index contributed by atoms with van der Waals surface area (Å²) in [5.74, 6) is -1.97. The van der Waals surface area contributed by atoms with Crippen LogP contribution in [-0.4, -0.2) is 38.0 Å². The number of hydrogen-bond acceptors (Lipinski definition) is 9. The molecule has 0 saturated carbocycles. The zero-order chi connectivity index (χ0) is 33.4. The Bertz CT molecular complexity index is 1980. The number of aryl methyl sites for hydroxylation is 2. The number of carbonyl (C=O) groups excluding carboxylic acids is 2. The van der Waals surface area contributed by atoms with Crippen molar-refractivity contribution in [1.82, 2.24) is 13.7 Å². The highest BCUT2D eigenvalue weighted by Gasteiger charge is 2.32. The van der Waals surface area contributed by atoms with Gasteiger partial charge in [0.15, 0.2) is 11.5 Å². The highest BCUT2D eigenvalue weighted by Crippen LogP contribution is 2.34. The van der Waals surface area contributed by atoms with Gasteiger partial charge >= 0.3 is 18.0 Å². The van der Waals surface area contributed by atoms with Crippen LogP contribution in [0.3, 0.4) is 0 Å². The molecule has 1 amide bonds. The van der Waals surface area contributed by atoms with Crippen molar-refractivity contribution in [2.75, 3.05) is 0 Å². The maximum atomic E-state index is 13.3. The molecule has 12 nitrogen and oxygen atoms in total. The number of fused-ring (bicyclic) bond motifs is 1. The van der Waals surface area contributed by atoms with Crippen molar-refractivity contribution in [3.05, 3.63) is 65.6 Å². The molecule has 250 valence electrons. The van der Waals surface area contributed by atoms with Crippen molar-refractivity contribution < 1.29 is 36.7 Å². The second kappa shape index (κ2) is 14.3. The van der Waals surface area contributed by atoms with E-state index in [2.05, 4.69) is 9.73 Å². The van der Waals surface area contributed by atoms with E-state index in [0.717, 1.165) is 26.5 Å². The van der Waals surface area contributed by atoms with E-state index in [0.29, 0.717) is 17.7 Å². The van der Waals surface area contributed by atoms with Crippen molar-refractivity contribution in [2.45, 2.75) is 52.7 Å². The molecule has 0 saturated heterocycles. The number of esters is 1. The number of rotatable bonds is 9. The van der Waals surface area contributed by atoms with Crippen LogP contribution in [0, 0.1) is 12.8 Å². The lowest BCUT2D eigenvalue weighted by Gasteiger charge is -2.18. The van der Waals surface area contributed by atoms with Gasteiger partial charge in [0.2, 0.25) is 5.71 Å². The minimum Gasteiger partial charge on any atom is -0.444 e. The van der Waals surface area contributed by atoms with Crippen molar-refractivity contribution >= 4 is 58.3 Å². The fraction of sp³-hybridized carbons (Fsp3) is 0.393. The van der Waals surface area contributed by atoms with E-state index in [-0.39, 0.29) is 57.0 Å². The summed E-state index contributed by atoms with van der Waals surface area (Å²) in [5.41, 5.74) is 5.64. The summed E-state index contributed by atoms with van der Waals surface area (Å²) in [5, 5.41) is 1.27. The predicted molar refractivity (Wildman–Crippen MR) is 166 cm³/mol. The standard InChI is InChI=1S/C28H29ClF3N5O7S.ClH/c1-6-13(2)22(33)25(40)42-12-37-18(15-7-8-19(17(29)9-15)44-28(30,31)32)11-45-26(37)34-20(38)10-16-14(3)43-24-21(16)23(39)35(4)27(41)36(24)5;/h7-9,11,13,22H,6,10,12,33H2,1-5H3;1H/b34-26-;/t13?,22-;/m0./s1. The Morgan fingerprint density at radius 3 is 2.48 bits per heavy atom. The number of amides is 1. The second-order valence-electron chi connectivity index (χ2n) is 10.2. The molecule has 3 heterocycles. The van der Waals surface area contributed by atoms with Crippen molar-refractivity contribution in [3.63, 3.8) is 0 Å². The maximum Gasteiger partial charge on any atom is 0.573 e. The zero-order valence-electron chi connectivity index (χ0n) is 25.1. The number of nitrogens with zero attached hydrogens (tertiary/aromatic N) is 4. The third-order valence-electron chi connectivity index (χ3n) is 7.25. The van der Waals surface area contributed by atoms with Crippen molar-refractivity contribution in [2.24, 2.45) is 30.7 Å². The molecule has 2 atom stereocenters. The van der Waals surface area contributed by atoms with Gasteiger partial charge in [0.25, 0.3) is 11.5 Å². The number of halogens is 5. The molecule has 4 rings (SSSR count). The van der Waals surface area contributed by atoms with Crippen LogP contribution in [0.15, 0.2) is 42.6 Å². The van der Waals surface area contributed by atoms with Gasteiger partial charge in [-0.05, 0) is 31.0 Å². The topological polar surface area (TPSA) is 153 Å². The van der Waals surface area contributed by atoms with E-state index in [1.807, 2.05) is 6.92 Å². The first-order valence-electron chi connectivity index (χ1n) is 13.5. The Balaban J connectivity index is 0.00000576. The largest absolute Gasteiger partial charge is 0.573 e. The van der Waals surface area contributed by atoms with Gasteiger partial charge in [-0.15, -0.1) is 36.9 Å². The molecule has 0 aliphatic carbocycles. The fourth-order valence-corrected chi connectivity index (χ4v) is 5.58. The number of furan rings is 1. The summed E-state index contributed by atoms with van der Waals surface area (Å²) in [6.07, 6.45) is -4.71. The lowest BCUT2D eigenvalue weighted by Crippen LogP contribution is -2.38. The molecule has 46 heavy (non-hydrogen) atoms. The highest BCUT2D eigenvalue weighted by molar-refractivity contribution is 7.07. The van der Waals surface area contributed by atoms with E-state index in [4.69, 9.17) is 26.5 Å². The molecule has 18 heteroatoms. The van der Waals surface area contributed by atoms with Crippen LogP contribution in [0.2, 0.25) is 5.02 Å². The SMILES string of the molecule is CCC(C)[C@H](N)C(=O)OCn1c(-c2ccc(OC(F)(F)F)c(Cl)c2)cs/c1=N\C(=O)Cc1c(C)oc2c1c(=O)n(C)c(=O)n2C.Cl. The Morgan fingerprint density at radius 1 is 1.20 bits per heavy atom. The zero-order valence-corrected chi connectivity index (χ0v) is 27.5. The van der Waals surface area contributed by atoms with Gasteiger partial charge in [-0.3, -0.25) is 28.1 Å². The smallest absolute Gasteiger partial charge is 0.444 e. The molecule has 4 aromatic rings. The van der Waals surface area contributed by atoms with E-state index >= 15 is 0 Å². The van der Waals surface area contributed by atoms with E-state index in [9.17, 15) is 32.3 Å². The van der Waals surface area contributed by atoms with Crippen LogP contribution in [0.5, 0.6) is 5.75 Å². The van der Waals surface area contributed by atoms with E-state index in [1.165, 1.54) is 30.8 Å². The third kappa shape index (κ3) is 7.57. The second-order valence-corrected chi connectivity index (χ2v) is 11.5. The minimum absolute atomic E-state index is 0. The third-order valence-corrected chi connectivity index (χ3v) is 8.41. The Morgan fingerprint density at radius 2 is 1.87 bits per heavy atom. The molecule has 3 aromatic heterocycles. The number of ether oxygens (including phenoxy) is 2. The van der Waals surface area contributed by atoms with Crippen LogP contribution in [0.4, 0.5) is 13.2 Å². The summed E-state index contributed by atoms with van der Waals surface area (Å²) >= 11 is 7.05. The lowest BCUT2D eigenvalue weighted by atomic mass is 10.0. The van der Waals surface area contributed by atoms with Crippen LogP contribution >= 0.6 is 35.3 Å². The monoisotopic (exact) mass is 707 g/mol. The van der Waals surface area contributed by atoms with E-state index < -0.39 is 48.0 Å². The van der Waals surface area contributed by atoms with Crippen LogP contribution < -0.4 is 26.5 Å². The first kappa shape index (κ1) is 36.6. The number of nitrogens with two attached hydrogens (primary N) is 1. The summed E-state index contributed by atoms with van der Waals surface area (Å²) in [6, 6.07) is 2.63. The van der Waals surface area contributed by atoms with E-state index in [1.54, 1.807) is 19.2 Å². The lowest BCUT2D eigenvalue weighted by molar-refractivity contribution is -0.274. The maximum absolute atomic E-state index is 13.3. The molecule has 0 aliphatic heterocycles. The molecule has 2 N–H and O–H groups in total. The molecule has 0 radical (unpaired) electrons. The molecular formula is C28H30Cl2F3N5O7S. The average Bonchev–Trinajstić information content (AvgIpc) is 3.53. The molecule has 0 aliphatic rings. The number of carbonyl (C=O) groups is 2. The van der Waals surface area contributed by atoms with Crippen LogP contribution in [0.1, 0.15) is 31.6 Å². The van der Waals surface area contributed by atoms with Gasteiger partial charge in [-0.25, -0.2) is 4.79 Å². The van der Waals surface area contributed by atoms with Crippen molar-refractivity contribution in [3.8, 4) is 17.0 Å². The van der Waals surface area contributed by atoms with Gasteiger partial charge in [0.1, 0.15) is 22.9 Å². The van der Waals surface area contributed by atoms with Crippen LogP contribution in [0.25, 0.3) is 22.4 Å². The van der Waals surface area contributed by atoms with Gasteiger partial charge in [-0.1, -0.05) is 31.9 Å². The van der Waals surface area contributed by atoms with Crippen molar-refractivity contribution in [1.29, 1.82) is 0 Å². The quantitative estimate of drug-likeness (QED) is 0.254. The van der Waals surface area contributed by atoms with Gasteiger partial charge < -0.3 is 19.6 Å². The minimum atomic E-state index is -4.96. The molecule has 0 spiro atoms. The summed E-state index contributed by atoms with van der Waals surface area (Å²) < 4.78 is 56.7. The highest BCUT2D eigenvalue weighted by atomic mass is 35.5. The Kier molecular flexibility index (Phi) is 11.4. The first-order valence-corrected chi connectivity index (χ1v) is 14.7. The van der Waals surface area contributed by atoms with Gasteiger partial charge in [-0.2, -0.15) is 4.99 Å². The normalized spacial score (nSPS) is 13.4. The number of thiazole rings is 1. The average molecular weight is 709 g/mol. The number of alkyl halides is 3. The molecular weight excluding hydrogens is 678 g/mol. The summed E-state index contributed by atoms with van der Waals surface area (Å²) in [6.45, 7) is 4.75. The van der Waals surface area contributed by atoms with Crippen LogP contribution in [-0.2, 0) is 41.6 Å². The van der Waals surface area contributed by atoms with Gasteiger partial charge in [0.05, 0.1) is 17.1 Å². The Hall–Kier alpha value is -3.86. The van der Waals surface area contributed by atoms with Gasteiger partial charge in [0, 0.05) is 30.6 Å². The summed E-state index contributed by atoms with van der Waals surface area (Å²) in [4.78, 5) is 55.4.